The number of aromatic carboxylic acids is 1. The Labute approximate surface area is 121 Å². The van der Waals surface area contributed by atoms with Crippen LogP contribution in [0.5, 0.6) is 0 Å². The number of carboxylic acids is 1. The SMILES string of the molecule is O=C(O)c1oc2ccccc2c1CNC(=O)C1CC=CC1. The fraction of sp³-hybridized carbons (Fsp3) is 0.250. The van der Waals surface area contributed by atoms with Crippen LogP contribution in [0.1, 0.15) is 29.0 Å². The van der Waals surface area contributed by atoms with E-state index in [0.717, 1.165) is 18.2 Å². The van der Waals surface area contributed by atoms with E-state index in [2.05, 4.69) is 5.32 Å². The lowest BCUT2D eigenvalue weighted by Gasteiger charge is -2.10. The summed E-state index contributed by atoms with van der Waals surface area (Å²) in [5.41, 5.74) is 1.03. The molecule has 0 spiro atoms. The van der Waals surface area contributed by atoms with Crippen molar-refractivity contribution in [2.75, 3.05) is 0 Å². The summed E-state index contributed by atoms with van der Waals surface area (Å²) in [6, 6.07) is 7.11. The molecule has 2 N–H and O–H groups in total. The van der Waals surface area contributed by atoms with E-state index in [1.165, 1.54) is 0 Å². The summed E-state index contributed by atoms with van der Waals surface area (Å²) in [6.45, 7) is 0.161. The van der Waals surface area contributed by atoms with Gasteiger partial charge >= 0.3 is 5.97 Å². The van der Waals surface area contributed by atoms with Gasteiger partial charge in [-0.1, -0.05) is 30.4 Å². The molecule has 108 valence electrons. The van der Waals surface area contributed by atoms with Crippen LogP contribution in [0.3, 0.4) is 0 Å². The van der Waals surface area contributed by atoms with E-state index < -0.39 is 5.97 Å². The molecule has 0 saturated heterocycles. The van der Waals surface area contributed by atoms with Crippen molar-refractivity contribution in [2.24, 2.45) is 5.92 Å². The van der Waals surface area contributed by atoms with E-state index in [-0.39, 0.29) is 24.1 Å². The molecule has 0 fully saturated rings. The molecule has 0 radical (unpaired) electrons. The Hall–Kier alpha value is -2.56. The smallest absolute Gasteiger partial charge is 0.372 e. The number of hydrogen-bond donors (Lipinski definition) is 2. The molecule has 1 aliphatic carbocycles. The lowest BCUT2D eigenvalue weighted by molar-refractivity contribution is -0.124. The molecule has 0 saturated carbocycles. The van der Waals surface area contributed by atoms with E-state index >= 15 is 0 Å². The summed E-state index contributed by atoms with van der Waals surface area (Å²) in [5, 5.41) is 12.8. The molecule has 0 atom stereocenters. The second kappa shape index (κ2) is 5.44. The van der Waals surface area contributed by atoms with Crippen molar-refractivity contribution < 1.29 is 19.1 Å². The summed E-state index contributed by atoms with van der Waals surface area (Å²) in [7, 11) is 0. The molecule has 5 nitrogen and oxygen atoms in total. The number of carbonyl (C=O) groups is 2. The minimum Gasteiger partial charge on any atom is -0.475 e. The van der Waals surface area contributed by atoms with Gasteiger partial charge in [0.1, 0.15) is 5.58 Å². The van der Waals surface area contributed by atoms with Crippen LogP contribution in [-0.2, 0) is 11.3 Å². The topological polar surface area (TPSA) is 79.5 Å². The first-order valence-electron chi connectivity index (χ1n) is 6.83. The number of nitrogens with one attached hydrogen (secondary N) is 1. The maximum Gasteiger partial charge on any atom is 0.372 e. The van der Waals surface area contributed by atoms with Crippen molar-refractivity contribution in [2.45, 2.75) is 19.4 Å². The number of furan rings is 1. The van der Waals surface area contributed by atoms with Crippen LogP contribution in [0.15, 0.2) is 40.8 Å². The van der Waals surface area contributed by atoms with Gasteiger partial charge in [-0.15, -0.1) is 0 Å². The summed E-state index contributed by atoms with van der Waals surface area (Å²) in [6.07, 6.45) is 5.45. The van der Waals surface area contributed by atoms with Gasteiger partial charge in [-0.25, -0.2) is 4.79 Å². The third-order valence-corrected chi connectivity index (χ3v) is 3.71. The first kappa shape index (κ1) is 13.4. The minimum atomic E-state index is -1.13. The molecule has 0 unspecified atom stereocenters. The van der Waals surface area contributed by atoms with Crippen LogP contribution in [0.4, 0.5) is 0 Å². The summed E-state index contributed by atoms with van der Waals surface area (Å²) >= 11 is 0. The molecule has 1 aromatic carbocycles. The molecule has 1 heterocycles. The third-order valence-electron chi connectivity index (χ3n) is 3.71. The second-order valence-corrected chi connectivity index (χ2v) is 5.07. The van der Waals surface area contributed by atoms with Gasteiger partial charge in [0.25, 0.3) is 0 Å². The molecule has 0 aliphatic heterocycles. The molecule has 0 bridgehead atoms. The molecule has 5 heteroatoms. The Morgan fingerprint density at radius 1 is 1.24 bits per heavy atom. The van der Waals surface area contributed by atoms with Crippen LogP contribution in [0, 0.1) is 5.92 Å². The van der Waals surface area contributed by atoms with Gasteiger partial charge < -0.3 is 14.8 Å². The number of fused-ring (bicyclic) bond motifs is 1. The highest BCUT2D eigenvalue weighted by molar-refractivity contribution is 5.95. The fourth-order valence-electron chi connectivity index (χ4n) is 2.60. The van der Waals surface area contributed by atoms with Crippen molar-refractivity contribution in [3.8, 4) is 0 Å². The summed E-state index contributed by atoms with van der Waals surface area (Å²) < 4.78 is 5.36. The predicted molar refractivity (Wildman–Crippen MR) is 76.9 cm³/mol. The predicted octanol–water partition coefficient (Wildman–Crippen LogP) is 2.71. The van der Waals surface area contributed by atoms with Crippen molar-refractivity contribution in [3.05, 3.63) is 47.7 Å². The molecular formula is C16H15NO4. The maximum absolute atomic E-state index is 12.0. The quantitative estimate of drug-likeness (QED) is 0.846. The number of amides is 1. The van der Waals surface area contributed by atoms with Crippen molar-refractivity contribution >= 4 is 22.8 Å². The minimum absolute atomic E-state index is 0.0450. The maximum atomic E-state index is 12.0. The average Bonchev–Trinajstić information content (AvgIpc) is 3.12. The summed E-state index contributed by atoms with van der Waals surface area (Å²) in [4.78, 5) is 23.3. The normalized spacial score (nSPS) is 14.7. The molecule has 1 aromatic heterocycles. The number of hydrogen-bond acceptors (Lipinski definition) is 3. The van der Waals surface area contributed by atoms with Crippen molar-refractivity contribution in [3.63, 3.8) is 0 Å². The van der Waals surface area contributed by atoms with Crippen LogP contribution >= 0.6 is 0 Å². The monoisotopic (exact) mass is 285 g/mol. The molecule has 21 heavy (non-hydrogen) atoms. The zero-order valence-electron chi connectivity index (χ0n) is 11.3. The van der Waals surface area contributed by atoms with Gasteiger partial charge in [0.15, 0.2) is 0 Å². The highest BCUT2D eigenvalue weighted by Crippen LogP contribution is 2.26. The van der Waals surface area contributed by atoms with Gasteiger partial charge in [0.05, 0.1) is 0 Å². The number of carboxylic acid groups (broad SMARTS) is 1. The zero-order valence-corrected chi connectivity index (χ0v) is 11.3. The van der Waals surface area contributed by atoms with Crippen LogP contribution in [0.2, 0.25) is 0 Å². The Morgan fingerprint density at radius 2 is 1.95 bits per heavy atom. The molecular weight excluding hydrogens is 270 g/mol. The van der Waals surface area contributed by atoms with Crippen molar-refractivity contribution in [1.29, 1.82) is 0 Å². The molecule has 1 amide bonds. The largest absolute Gasteiger partial charge is 0.475 e. The van der Waals surface area contributed by atoms with Crippen LogP contribution in [-0.4, -0.2) is 17.0 Å². The summed E-state index contributed by atoms with van der Waals surface area (Å²) in [5.74, 6) is -1.34. The van der Waals surface area contributed by atoms with Gasteiger partial charge in [0, 0.05) is 23.4 Å². The third kappa shape index (κ3) is 2.54. The number of para-hydroxylation sites is 1. The zero-order chi connectivity index (χ0) is 14.8. The van der Waals surface area contributed by atoms with E-state index in [9.17, 15) is 14.7 Å². The first-order valence-corrected chi connectivity index (χ1v) is 6.83. The average molecular weight is 285 g/mol. The molecule has 1 aliphatic rings. The Balaban J connectivity index is 1.83. The van der Waals surface area contributed by atoms with Gasteiger partial charge in [-0.05, 0) is 18.9 Å². The van der Waals surface area contributed by atoms with Gasteiger partial charge in [0.2, 0.25) is 11.7 Å². The number of rotatable bonds is 4. The Kier molecular flexibility index (Phi) is 3.48. The van der Waals surface area contributed by atoms with Crippen molar-refractivity contribution in [1.82, 2.24) is 5.32 Å². The lowest BCUT2D eigenvalue weighted by Crippen LogP contribution is -2.29. The molecule has 2 aromatic rings. The van der Waals surface area contributed by atoms with E-state index in [1.54, 1.807) is 18.2 Å². The fourth-order valence-corrected chi connectivity index (χ4v) is 2.60. The standard InChI is InChI=1S/C16H15NO4/c18-15(10-5-1-2-6-10)17-9-12-11-7-3-4-8-13(11)21-14(12)16(19)20/h1-4,7-8,10H,5-6,9H2,(H,17,18)(H,19,20). The van der Waals surface area contributed by atoms with E-state index in [0.29, 0.717) is 11.1 Å². The Morgan fingerprint density at radius 3 is 2.67 bits per heavy atom. The lowest BCUT2D eigenvalue weighted by atomic mass is 10.1. The second-order valence-electron chi connectivity index (χ2n) is 5.07. The number of benzene rings is 1. The van der Waals surface area contributed by atoms with Gasteiger partial charge in [-0.2, -0.15) is 0 Å². The first-order chi connectivity index (χ1) is 10.2. The molecule has 3 rings (SSSR count). The van der Waals surface area contributed by atoms with Crippen LogP contribution in [0.25, 0.3) is 11.0 Å². The number of carbonyl (C=O) groups excluding carboxylic acids is 1. The van der Waals surface area contributed by atoms with Gasteiger partial charge in [-0.3, -0.25) is 4.79 Å². The highest BCUT2D eigenvalue weighted by Gasteiger charge is 2.22. The Bertz CT molecular complexity index is 721. The highest BCUT2D eigenvalue weighted by atomic mass is 16.4. The van der Waals surface area contributed by atoms with E-state index in [1.807, 2.05) is 18.2 Å². The number of allylic oxidation sites excluding steroid dienone is 2. The van der Waals surface area contributed by atoms with Crippen LogP contribution < -0.4 is 5.32 Å². The van der Waals surface area contributed by atoms with E-state index in [4.69, 9.17) is 4.42 Å².